The predicted octanol–water partition coefficient (Wildman–Crippen LogP) is 4.38. The minimum atomic E-state index is -0.380. The summed E-state index contributed by atoms with van der Waals surface area (Å²) in [5.74, 6) is -0.488. The zero-order chi connectivity index (χ0) is 20.5. The van der Waals surface area contributed by atoms with Crippen molar-refractivity contribution in [3.63, 3.8) is 0 Å². The van der Waals surface area contributed by atoms with Crippen LogP contribution in [0.2, 0.25) is 0 Å². The van der Waals surface area contributed by atoms with Gasteiger partial charge in [-0.2, -0.15) is 0 Å². The molecule has 1 N–H and O–H groups in total. The van der Waals surface area contributed by atoms with E-state index in [0.29, 0.717) is 17.1 Å². The molecule has 0 bridgehead atoms. The molecule has 0 atom stereocenters. The van der Waals surface area contributed by atoms with Gasteiger partial charge in [0.1, 0.15) is 5.82 Å². The van der Waals surface area contributed by atoms with Crippen LogP contribution in [0.15, 0.2) is 48.5 Å². The number of carbonyl (C=O) groups is 1. The van der Waals surface area contributed by atoms with Gasteiger partial charge in [-0.1, -0.05) is 23.4 Å². The Morgan fingerprint density at radius 1 is 1.21 bits per heavy atom. The quantitative estimate of drug-likeness (QED) is 0.675. The molecule has 2 aromatic carbocycles. The van der Waals surface area contributed by atoms with E-state index in [9.17, 15) is 9.18 Å². The maximum absolute atomic E-state index is 14.5. The van der Waals surface area contributed by atoms with Gasteiger partial charge in [-0.05, 0) is 57.0 Å². The second-order valence-corrected chi connectivity index (χ2v) is 7.67. The van der Waals surface area contributed by atoms with Crippen LogP contribution in [0.25, 0.3) is 5.69 Å². The number of aromatic nitrogens is 3. The Kier molecular flexibility index (Phi) is 5.05. The van der Waals surface area contributed by atoms with Crippen molar-refractivity contribution in [3.8, 4) is 5.69 Å². The molecule has 150 valence electrons. The van der Waals surface area contributed by atoms with E-state index in [1.54, 1.807) is 16.8 Å². The van der Waals surface area contributed by atoms with Gasteiger partial charge in [-0.25, -0.2) is 9.07 Å². The molecule has 1 aliphatic rings. The van der Waals surface area contributed by atoms with Gasteiger partial charge in [0.2, 0.25) is 0 Å². The van der Waals surface area contributed by atoms with Crippen molar-refractivity contribution >= 4 is 17.3 Å². The molecule has 1 aromatic heterocycles. The van der Waals surface area contributed by atoms with Crippen molar-refractivity contribution in [2.75, 3.05) is 17.3 Å². The largest absolute Gasteiger partial charge is 0.370 e. The van der Waals surface area contributed by atoms with E-state index in [2.05, 4.69) is 15.6 Å². The molecule has 0 spiro atoms. The molecule has 0 unspecified atom stereocenters. The number of nitrogens with zero attached hydrogens (tertiary/aromatic N) is 4. The fourth-order valence-corrected chi connectivity index (χ4v) is 3.27. The topological polar surface area (TPSA) is 63.1 Å². The van der Waals surface area contributed by atoms with E-state index in [0.717, 1.165) is 24.2 Å². The number of amides is 1. The number of para-hydroxylation sites is 1. The molecule has 1 heterocycles. The van der Waals surface area contributed by atoms with Crippen molar-refractivity contribution in [1.82, 2.24) is 15.0 Å². The van der Waals surface area contributed by atoms with Crippen LogP contribution in [0, 0.1) is 5.82 Å². The maximum atomic E-state index is 14.5. The summed E-state index contributed by atoms with van der Waals surface area (Å²) in [5.41, 5.74) is 2.86. The summed E-state index contributed by atoms with van der Waals surface area (Å²) in [6.45, 7) is 3.98. The van der Waals surface area contributed by atoms with Crippen molar-refractivity contribution in [2.24, 2.45) is 0 Å². The fraction of sp³-hybridized carbons (Fsp3) is 0.318. The zero-order valence-electron chi connectivity index (χ0n) is 16.8. The first-order chi connectivity index (χ1) is 14.0. The van der Waals surface area contributed by atoms with Crippen LogP contribution >= 0.6 is 0 Å². The van der Waals surface area contributed by atoms with E-state index < -0.39 is 0 Å². The summed E-state index contributed by atoms with van der Waals surface area (Å²) in [6, 6.07) is 14.5. The Hall–Kier alpha value is -3.22. The molecule has 7 heteroatoms. The Morgan fingerprint density at radius 3 is 2.55 bits per heavy atom. The summed E-state index contributed by atoms with van der Waals surface area (Å²) >= 11 is 0. The minimum absolute atomic E-state index is 0.166. The molecular weight excluding hydrogens is 369 g/mol. The van der Waals surface area contributed by atoms with E-state index >= 15 is 0 Å². The molecule has 3 aromatic rings. The lowest BCUT2D eigenvalue weighted by atomic mass is 10.2. The third-order valence-electron chi connectivity index (χ3n) is 5.24. The van der Waals surface area contributed by atoms with Crippen LogP contribution in [0.4, 0.5) is 15.8 Å². The summed E-state index contributed by atoms with van der Waals surface area (Å²) in [5, 5.41) is 11.1. The zero-order valence-corrected chi connectivity index (χ0v) is 16.8. The van der Waals surface area contributed by atoms with Crippen molar-refractivity contribution < 1.29 is 9.18 Å². The van der Waals surface area contributed by atoms with Crippen molar-refractivity contribution in [1.29, 1.82) is 0 Å². The van der Waals surface area contributed by atoms with E-state index in [4.69, 9.17) is 0 Å². The number of anilines is 2. The lowest BCUT2D eigenvalue weighted by Gasteiger charge is -2.24. The van der Waals surface area contributed by atoms with Gasteiger partial charge in [-0.3, -0.25) is 4.79 Å². The summed E-state index contributed by atoms with van der Waals surface area (Å²) in [7, 11) is 1.84. The van der Waals surface area contributed by atoms with Crippen LogP contribution in [0.1, 0.15) is 48.8 Å². The van der Waals surface area contributed by atoms with Crippen LogP contribution in [0.5, 0.6) is 0 Å². The first-order valence-corrected chi connectivity index (χ1v) is 9.80. The smallest absolute Gasteiger partial charge is 0.278 e. The number of hydrogen-bond acceptors (Lipinski definition) is 4. The first-order valence-electron chi connectivity index (χ1n) is 9.80. The monoisotopic (exact) mass is 393 g/mol. The lowest BCUT2D eigenvalue weighted by Crippen LogP contribution is -2.26. The van der Waals surface area contributed by atoms with Gasteiger partial charge in [-0.15, -0.1) is 5.10 Å². The molecule has 1 saturated carbocycles. The van der Waals surface area contributed by atoms with E-state index in [-0.39, 0.29) is 23.7 Å². The molecule has 6 nitrogen and oxygen atoms in total. The second kappa shape index (κ2) is 7.66. The number of halogens is 1. The van der Waals surface area contributed by atoms with Gasteiger partial charge in [0.25, 0.3) is 5.91 Å². The maximum Gasteiger partial charge on any atom is 0.278 e. The lowest BCUT2D eigenvalue weighted by molar-refractivity contribution is 0.102. The Bertz CT molecular complexity index is 1030. The third-order valence-corrected chi connectivity index (χ3v) is 5.24. The van der Waals surface area contributed by atoms with Gasteiger partial charge in [0, 0.05) is 24.7 Å². The number of benzene rings is 2. The average molecular weight is 393 g/mol. The number of hydrogen-bond donors (Lipinski definition) is 1. The van der Waals surface area contributed by atoms with Gasteiger partial charge >= 0.3 is 0 Å². The van der Waals surface area contributed by atoms with Crippen LogP contribution in [-0.4, -0.2) is 34.0 Å². The summed E-state index contributed by atoms with van der Waals surface area (Å²) in [4.78, 5) is 14.7. The molecule has 0 saturated heterocycles. The van der Waals surface area contributed by atoms with Crippen molar-refractivity contribution in [2.45, 2.75) is 38.6 Å². The highest BCUT2D eigenvalue weighted by Crippen LogP contribution is 2.42. The highest BCUT2D eigenvalue weighted by atomic mass is 19.1. The average Bonchev–Trinajstić information content (AvgIpc) is 3.45. The predicted molar refractivity (Wildman–Crippen MR) is 111 cm³/mol. The molecule has 1 amide bonds. The molecule has 29 heavy (non-hydrogen) atoms. The van der Waals surface area contributed by atoms with Gasteiger partial charge < -0.3 is 10.2 Å². The molecule has 1 fully saturated rings. The SMILES string of the molecule is CC(C)N(C)c1ccc(NC(=O)c2nnn(-c3ccccc3)c2C2CC2)cc1F. The number of rotatable bonds is 6. The van der Waals surface area contributed by atoms with Gasteiger partial charge in [0.05, 0.1) is 17.1 Å². The van der Waals surface area contributed by atoms with Crippen LogP contribution in [0.3, 0.4) is 0 Å². The summed E-state index contributed by atoms with van der Waals surface area (Å²) in [6.07, 6.45) is 2.01. The molecule has 0 aliphatic heterocycles. The highest BCUT2D eigenvalue weighted by molar-refractivity contribution is 6.04. The van der Waals surface area contributed by atoms with Crippen molar-refractivity contribution in [3.05, 3.63) is 65.7 Å². The highest BCUT2D eigenvalue weighted by Gasteiger charge is 2.34. The van der Waals surface area contributed by atoms with Crippen LogP contribution < -0.4 is 10.2 Å². The standard InChI is InChI=1S/C22H24FN5O/c1-14(2)27(3)19-12-11-16(13-18(19)23)24-22(29)20-21(15-9-10-15)28(26-25-20)17-7-5-4-6-8-17/h4-8,11-15H,9-10H2,1-3H3,(H,24,29). The molecular formula is C22H24FN5O. The van der Waals surface area contributed by atoms with E-state index in [1.807, 2.05) is 56.1 Å². The Morgan fingerprint density at radius 2 is 1.93 bits per heavy atom. The molecule has 1 aliphatic carbocycles. The molecule has 0 radical (unpaired) electrons. The number of carbonyl (C=O) groups excluding carboxylic acids is 1. The second-order valence-electron chi connectivity index (χ2n) is 7.67. The van der Waals surface area contributed by atoms with E-state index in [1.165, 1.54) is 6.07 Å². The van der Waals surface area contributed by atoms with Crippen LogP contribution in [-0.2, 0) is 0 Å². The molecule has 4 rings (SSSR count). The third kappa shape index (κ3) is 3.85. The Labute approximate surface area is 169 Å². The number of nitrogens with one attached hydrogen (secondary N) is 1. The summed E-state index contributed by atoms with van der Waals surface area (Å²) < 4.78 is 16.3. The minimum Gasteiger partial charge on any atom is -0.370 e. The normalized spacial score (nSPS) is 13.6. The first kappa shape index (κ1) is 19.1. The van der Waals surface area contributed by atoms with Gasteiger partial charge in [0.15, 0.2) is 5.69 Å². The fourth-order valence-electron chi connectivity index (χ4n) is 3.27. The Balaban J connectivity index is 1.60.